The Labute approximate surface area is 114 Å². The lowest BCUT2D eigenvalue weighted by atomic mass is 10.1. The van der Waals surface area contributed by atoms with E-state index in [-0.39, 0.29) is 5.91 Å². The zero-order valence-corrected chi connectivity index (χ0v) is 10.8. The van der Waals surface area contributed by atoms with E-state index in [1.807, 2.05) is 30.3 Å². The standard InChI is InChI=1S/C13H8N2OS2/c14-8-10(6-9-4-2-1-3-5-9)7-11-12(16)15-13(17)18-11/h1-7H,(H,15,16,17)/b10-6-,11-7-. The van der Waals surface area contributed by atoms with Gasteiger partial charge < -0.3 is 5.32 Å². The quantitative estimate of drug-likeness (QED) is 0.511. The van der Waals surface area contributed by atoms with Gasteiger partial charge in [-0.2, -0.15) is 5.26 Å². The highest BCUT2D eigenvalue weighted by atomic mass is 32.2. The SMILES string of the molecule is N#CC(=C\c1ccccc1)/C=C1\SC(=S)NC1=O. The molecule has 5 heteroatoms. The van der Waals surface area contributed by atoms with E-state index in [1.165, 1.54) is 11.8 Å². The molecule has 1 aliphatic rings. The van der Waals surface area contributed by atoms with Crippen LogP contribution in [0, 0.1) is 11.3 Å². The maximum absolute atomic E-state index is 11.5. The third-order valence-electron chi connectivity index (χ3n) is 2.18. The molecule has 0 radical (unpaired) electrons. The Morgan fingerprint density at radius 1 is 1.39 bits per heavy atom. The molecule has 1 amide bonds. The number of nitriles is 1. The maximum Gasteiger partial charge on any atom is 0.263 e. The lowest BCUT2D eigenvalue weighted by molar-refractivity contribution is -0.115. The average molecular weight is 272 g/mol. The van der Waals surface area contributed by atoms with Crippen LogP contribution in [0.15, 0.2) is 46.9 Å². The molecular weight excluding hydrogens is 264 g/mol. The lowest BCUT2D eigenvalue weighted by Gasteiger charge is -1.94. The molecule has 0 atom stereocenters. The van der Waals surface area contributed by atoms with Gasteiger partial charge in [-0.05, 0) is 17.7 Å². The van der Waals surface area contributed by atoms with E-state index in [4.69, 9.17) is 17.5 Å². The fraction of sp³-hybridized carbons (Fsp3) is 0. The summed E-state index contributed by atoms with van der Waals surface area (Å²) in [6, 6.07) is 11.5. The van der Waals surface area contributed by atoms with Crippen LogP contribution >= 0.6 is 24.0 Å². The molecule has 1 aromatic rings. The molecule has 0 spiro atoms. The number of carbonyl (C=O) groups is 1. The van der Waals surface area contributed by atoms with Gasteiger partial charge in [0.25, 0.3) is 5.91 Å². The van der Waals surface area contributed by atoms with E-state index in [2.05, 4.69) is 11.4 Å². The van der Waals surface area contributed by atoms with Crippen molar-refractivity contribution >= 4 is 40.3 Å². The highest BCUT2D eigenvalue weighted by molar-refractivity contribution is 8.26. The van der Waals surface area contributed by atoms with Crippen LogP contribution in [0.1, 0.15) is 5.56 Å². The second-order valence-electron chi connectivity index (χ2n) is 3.47. The topological polar surface area (TPSA) is 52.9 Å². The zero-order valence-electron chi connectivity index (χ0n) is 9.21. The van der Waals surface area contributed by atoms with Crippen molar-refractivity contribution in [3.63, 3.8) is 0 Å². The number of hydrogen-bond acceptors (Lipinski definition) is 4. The zero-order chi connectivity index (χ0) is 13.0. The number of nitrogens with zero attached hydrogens (tertiary/aromatic N) is 1. The van der Waals surface area contributed by atoms with Crippen molar-refractivity contribution in [3.8, 4) is 6.07 Å². The molecule has 1 aromatic carbocycles. The van der Waals surface area contributed by atoms with Gasteiger partial charge in [0, 0.05) is 0 Å². The number of carbonyl (C=O) groups excluding carboxylic acids is 1. The molecule has 1 aliphatic heterocycles. The van der Waals surface area contributed by atoms with Crippen molar-refractivity contribution in [2.45, 2.75) is 0 Å². The number of hydrogen-bond donors (Lipinski definition) is 1. The van der Waals surface area contributed by atoms with Gasteiger partial charge in [-0.3, -0.25) is 4.79 Å². The van der Waals surface area contributed by atoms with Gasteiger partial charge in [-0.1, -0.05) is 54.3 Å². The molecule has 0 bridgehead atoms. The number of amides is 1. The molecular formula is C13H8N2OS2. The van der Waals surface area contributed by atoms with Crippen LogP contribution in [0.5, 0.6) is 0 Å². The number of nitrogens with one attached hydrogen (secondary N) is 1. The third-order valence-corrected chi connectivity index (χ3v) is 3.34. The van der Waals surface area contributed by atoms with Crippen molar-refractivity contribution in [2.24, 2.45) is 0 Å². The minimum Gasteiger partial charge on any atom is -0.307 e. The molecule has 18 heavy (non-hydrogen) atoms. The molecule has 2 rings (SSSR count). The number of thioether (sulfide) groups is 1. The summed E-state index contributed by atoms with van der Waals surface area (Å²) in [6.07, 6.45) is 3.27. The molecule has 0 aromatic heterocycles. The smallest absolute Gasteiger partial charge is 0.263 e. The van der Waals surface area contributed by atoms with Crippen molar-refractivity contribution in [3.05, 3.63) is 52.4 Å². The lowest BCUT2D eigenvalue weighted by Crippen LogP contribution is -2.17. The second kappa shape index (κ2) is 5.63. The Morgan fingerprint density at radius 3 is 2.67 bits per heavy atom. The summed E-state index contributed by atoms with van der Waals surface area (Å²) < 4.78 is 0.420. The van der Waals surface area contributed by atoms with E-state index in [0.29, 0.717) is 14.8 Å². The summed E-state index contributed by atoms with van der Waals surface area (Å²) in [5.41, 5.74) is 1.33. The first-order valence-electron chi connectivity index (χ1n) is 5.11. The Hall–Kier alpha value is -1.90. The molecule has 1 fully saturated rings. The largest absolute Gasteiger partial charge is 0.307 e. The first-order valence-corrected chi connectivity index (χ1v) is 6.33. The van der Waals surface area contributed by atoms with E-state index in [0.717, 1.165) is 5.56 Å². The molecule has 0 unspecified atom stereocenters. The van der Waals surface area contributed by atoms with E-state index >= 15 is 0 Å². The van der Waals surface area contributed by atoms with Crippen LogP contribution in [-0.4, -0.2) is 10.2 Å². The fourth-order valence-corrected chi connectivity index (χ4v) is 2.43. The Morgan fingerprint density at radius 2 is 2.11 bits per heavy atom. The highest BCUT2D eigenvalue weighted by Crippen LogP contribution is 2.25. The van der Waals surface area contributed by atoms with Crippen LogP contribution in [0.25, 0.3) is 6.08 Å². The van der Waals surface area contributed by atoms with Gasteiger partial charge in [-0.25, -0.2) is 0 Å². The number of thiocarbonyl (C=S) groups is 1. The molecule has 3 nitrogen and oxygen atoms in total. The first kappa shape index (κ1) is 12.6. The van der Waals surface area contributed by atoms with Crippen LogP contribution in [0.2, 0.25) is 0 Å². The molecule has 88 valence electrons. The highest BCUT2D eigenvalue weighted by Gasteiger charge is 2.22. The summed E-state index contributed by atoms with van der Waals surface area (Å²) in [5.74, 6) is -0.251. The second-order valence-corrected chi connectivity index (χ2v) is 5.19. The Bertz CT molecular complexity index is 597. The summed E-state index contributed by atoms with van der Waals surface area (Å²) in [4.78, 5) is 11.9. The number of allylic oxidation sites excluding steroid dienone is 2. The van der Waals surface area contributed by atoms with Gasteiger partial charge >= 0.3 is 0 Å². The van der Waals surface area contributed by atoms with Crippen molar-refractivity contribution < 1.29 is 4.79 Å². The summed E-state index contributed by atoms with van der Waals surface area (Å²) >= 11 is 6.05. The predicted octanol–water partition coefficient (Wildman–Crippen LogP) is 2.63. The van der Waals surface area contributed by atoms with Crippen molar-refractivity contribution in [1.82, 2.24) is 5.32 Å². The Balaban J connectivity index is 2.29. The molecule has 1 N–H and O–H groups in total. The number of benzene rings is 1. The van der Waals surface area contributed by atoms with Gasteiger partial charge in [0.1, 0.15) is 4.32 Å². The summed E-state index contributed by atoms with van der Waals surface area (Å²) in [5, 5.41) is 11.6. The van der Waals surface area contributed by atoms with Gasteiger partial charge in [-0.15, -0.1) is 0 Å². The third kappa shape index (κ3) is 3.06. The normalized spacial score (nSPS) is 17.7. The fourth-order valence-electron chi connectivity index (χ4n) is 1.40. The van der Waals surface area contributed by atoms with Crippen LogP contribution in [-0.2, 0) is 4.79 Å². The molecule has 1 heterocycles. The Kier molecular flexibility index (Phi) is 3.92. The van der Waals surface area contributed by atoms with E-state index in [9.17, 15) is 4.79 Å². The minimum absolute atomic E-state index is 0.251. The van der Waals surface area contributed by atoms with Crippen molar-refractivity contribution in [1.29, 1.82) is 5.26 Å². The van der Waals surface area contributed by atoms with E-state index < -0.39 is 0 Å². The van der Waals surface area contributed by atoms with Crippen LogP contribution < -0.4 is 5.32 Å². The summed E-state index contributed by atoms with van der Waals surface area (Å²) in [6.45, 7) is 0. The van der Waals surface area contributed by atoms with Crippen LogP contribution in [0.3, 0.4) is 0 Å². The van der Waals surface area contributed by atoms with Crippen molar-refractivity contribution in [2.75, 3.05) is 0 Å². The number of rotatable bonds is 2. The minimum atomic E-state index is -0.251. The monoisotopic (exact) mass is 272 g/mol. The molecule has 0 aliphatic carbocycles. The summed E-state index contributed by atoms with van der Waals surface area (Å²) in [7, 11) is 0. The first-order chi connectivity index (χ1) is 8.69. The van der Waals surface area contributed by atoms with Crippen LogP contribution in [0.4, 0.5) is 0 Å². The van der Waals surface area contributed by atoms with Gasteiger partial charge in [0.15, 0.2) is 0 Å². The van der Waals surface area contributed by atoms with Gasteiger partial charge in [0.2, 0.25) is 0 Å². The predicted molar refractivity (Wildman–Crippen MR) is 76.4 cm³/mol. The maximum atomic E-state index is 11.5. The molecule has 1 saturated heterocycles. The van der Waals surface area contributed by atoms with Gasteiger partial charge in [0.05, 0.1) is 16.5 Å². The average Bonchev–Trinajstić information content (AvgIpc) is 2.68. The molecule has 0 saturated carbocycles. The van der Waals surface area contributed by atoms with E-state index in [1.54, 1.807) is 12.2 Å².